The molecular formula is C20H22N2O3S2. The van der Waals surface area contributed by atoms with Crippen molar-refractivity contribution in [3.63, 3.8) is 0 Å². The number of ether oxygens (including phenoxy) is 2. The van der Waals surface area contributed by atoms with Crippen molar-refractivity contribution >= 4 is 39.2 Å². The fourth-order valence-corrected chi connectivity index (χ4v) is 4.90. The summed E-state index contributed by atoms with van der Waals surface area (Å²) in [6, 6.07) is 11.3. The van der Waals surface area contributed by atoms with E-state index in [1.807, 2.05) is 47.9 Å². The number of thiazole rings is 1. The molecule has 1 heterocycles. The average Bonchev–Trinajstić information content (AvgIpc) is 3.05. The SMILES string of the molecule is CCSc1ccccc1C(=O)N=c1sc2c(OC)ccc(OC)c2n1CC. The molecule has 0 atom stereocenters. The van der Waals surface area contributed by atoms with Gasteiger partial charge < -0.3 is 14.0 Å². The van der Waals surface area contributed by atoms with Crippen molar-refractivity contribution in [3.8, 4) is 11.5 Å². The molecular weight excluding hydrogens is 380 g/mol. The van der Waals surface area contributed by atoms with Crippen LogP contribution in [0.2, 0.25) is 0 Å². The molecule has 0 saturated carbocycles. The molecule has 0 radical (unpaired) electrons. The highest BCUT2D eigenvalue weighted by Gasteiger charge is 2.17. The Balaban J connectivity index is 2.21. The van der Waals surface area contributed by atoms with Crippen LogP contribution in [0, 0.1) is 0 Å². The van der Waals surface area contributed by atoms with Crippen molar-refractivity contribution in [2.45, 2.75) is 25.3 Å². The number of rotatable bonds is 6. The first-order valence-electron chi connectivity index (χ1n) is 8.69. The van der Waals surface area contributed by atoms with Gasteiger partial charge in [0.25, 0.3) is 5.91 Å². The summed E-state index contributed by atoms with van der Waals surface area (Å²) in [7, 11) is 3.27. The highest BCUT2D eigenvalue weighted by atomic mass is 32.2. The van der Waals surface area contributed by atoms with Gasteiger partial charge in [-0.2, -0.15) is 4.99 Å². The van der Waals surface area contributed by atoms with E-state index in [-0.39, 0.29) is 5.91 Å². The molecule has 0 spiro atoms. The Labute approximate surface area is 166 Å². The maximum absolute atomic E-state index is 12.9. The number of hydrogen-bond donors (Lipinski definition) is 0. The van der Waals surface area contributed by atoms with Gasteiger partial charge in [0.15, 0.2) is 4.80 Å². The van der Waals surface area contributed by atoms with Crippen molar-refractivity contribution in [1.82, 2.24) is 4.57 Å². The minimum Gasteiger partial charge on any atom is -0.495 e. The number of amides is 1. The maximum atomic E-state index is 12.9. The number of carbonyl (C=O) groups excluding carboxylic acids is 1. The zero-order valence-electron chi connectivity index (χ0n) is 15.8. The van der Waals surface area contributed by atoms with Gasteiger partial charge in [0.1, 0.15) is 21.7 Å². The molecule has 1 aromatic heterocycles. The van der Waals surface area contributed by atoms with Crippen LogP contribution in [0.25, 0.3) is 10.2 Å². The number of nitrogens with zero attached hydrogens (tertiary/aromatic N) is 2. The van der Waals surface area contributed by atoms with Crippen LogP contribution < -0.4 is 14.3 Å². The molecule has 0 unspecified atom stereocenters. The zero-order valence-corrected chi connectivity index (χ0v) is 17.4. The Kier molecular flexibility index (Phi) is 6.23. The summed E-state index contributed by atoms with van der Waals surface area (Å²) in [6.45, 7) is 4.76. The van der Waals surface area contributed by atoms with Crippen LogP contribution in [0.4, 0.5) is 0 Å². The number of aromatic nitrogens is 1. The molecule has 142 valence electrons. The third kappa shape index (κ3) is 3.75. The number of fused-ring (bicyclic) bond motifs is 1. The van der Waals surface area contributed by atoms with Crippen LogP contribution in [0.3, 0.4) is 0 Å². The van der Waals surface area contributed by atoms with Gasteiger partial charge in [-0.25, -0.2) is 0 Å². The van der Waals surface area contributed by atoms with E-state index in [1.165, 1.54) is 11.3 Å². The first kappa shape index (κ1) is 19.5. The third-order valence-corrected chi connectivity index (χ3v) is 6.17. The monoisotopic (exact) mass is 402 g/mol. The molecule has 7 heteroatoms. The first-order valence-corrected chi connectivity index (χ1v) is 10.5. The molecule has 1 amide bonds. The van der Waals surface area contributed by atoms with Gasteiger partial charge >= 0.3 is 0 Å². The Morgan fingerprint density at radius 1 is 1.11 bits per heavy atom. The van der Waals surface area contributed by atoms with E-state index < -0.39 is 0 Å². The van der Waals surface area contributed by atoms with E-state index in [2.05, 4.69) is 11.9 Å². The van der Waals surface area contributed by atoms with Crippen molar-refractivity contribution in [2.24, 2.45) is 4.99 Å². The van der Waals surface area contributed by atoms with E-state index in [0.29, 0.717) is 16.9 Å². The first-order chi connectivity index (χ1) is 13.1. The number of aryl methyl sites for hydroxylation is 1. The van der Waals surface area contributed by atoms with Gasteiger partial charge in [-0.3, -0.25) is 4.79 Å². The highest BCUT2D eigenvalue weighted by Crippen LogP contribution is 2.35. The number of methoxy groups -OCH3 is 2. The molecule has 0 aliphatic carbocycles. The maximum Gasteiger partial charge on any atom is 0.280 e. The lowest BCUT2D eigenvalue weighted by Gasteiger charge is -2.08. The Morgan fingerprint density at radius 2 is 1.81 bits per heavy atom. The summed E-state index contributed by atoms with van der Waals surface area (Å²) in [6.07, 6.45) is 0. The minimum atomic E-state index is -0.238. The standard InChI is InChI=1S/C20H22N2O3S2/c1-5-22-17-14(24-3)11-12-15(25-4)18(17)27-20(22)21-19(23)13-9-7-8-10-16(13)26-6-2/h7-12H,5-6H2,1-4H3. The molecule has 0 aliphatic rings. The fourth-order valence-electron chi connectivity index (χ4n) is 2.90. The van der Waals surface area contributed by atoms with Crippen LogP contribution in [-0.4, -0.2) is 30.4 Å². The van der Waals surface area contributed by atoms with Crippen molar-refractivity contribution in [2.75, 3.05) is 20.0 Å². The molecule has 0 saturated heterocycles. The molecule has 3 aromatic rings. The predicted octanol–water partition coefficient (Wildman–Crippen LogP) is 4.59. The average molecular weight is 403 g/mol. The Bertz CT molecular complexity index is 1040. The summed E-state index contributed by atoms with van der Waals surface area (Å²) in [5.41, 5.74) is 1.52. The van der Waals surface area contributed by atoms with Crippen molar-refractivity contribution < 1.29 is 14.3 Å². The van der Waals surface area contributed by atoms with E-state index in [4.69, 9.17) is 9.47 Å². The van der Waals surface area contributed by atoms with E-state index in [9.17, 15) is 4.79 Å². The number of benzene rings is 2. The molecule has 0 aliphatic heterocycles. The third-order valence-electron chi connectivity index (χ3n) is 4.12. The van der Waals surface area contributed by atoms with Crippen molar-refractivity contribution in [3.05, 3.63) is 46.8 Å². The van der Waals surface area contributed by atoms with Gasteiger partial charge in [-0.15, -0.1) is 11.8 Å². The van der Waals surface area contributed by atoms with Crippen LogP contribution >= 0.6 is 23.1 Å². The molecule has 27 heavy (non-hydrogen) atoms. The number of carbonyl (C=O) groups is 1. The molecule has 5 nitrogen and oxygen atoms in total. The topological polar surface area (TPSA) is 52.8 Å². The van der Waals surface area contributed by atoms with Gasteiger partial charge in [-0.1, -0.05) is 30.4 Å². The summed E-state index contributed by atoms with van der Waals surface area (Å²) < 4.78 is 13.9. The second kappa shape index (κ2) is 8.63. The van der Waals surface area contributed by atoms with Crippen LogP contribution in [0.15, 0.2) is 46.3 Å². The second-order valence-electron chi connectivity index (χ2n) is 5.62. The quantitative estimate of drug-likeness (QED) is 0.566. The van der Waals surface area contributed by atoms with Gasteiger partial charge in [0.2, 0.25) is 0 Å². The number of thioether (sulfide) groups is 1. The van der Waals surface area contributed by atoms with Crippen LogP contribution in [0.5, 0.6) is 11.5 Å². The van der Waals surface area contributed by atoms with E-state index in [0.717, 1.165) is 32.4 Å². The smallest absolute Gasteiger partial charge is 0.280 e. The van der Waals surface area contributed by atoms with Crippen LogP contribution in [0.1, 0.15) is 24.2 Å². The molecule has 0 N–H and O–H groups in total. The van der Waals surface area contributed by atoms with Gasteiger partial charge in [-0.05, 0) is 36.9 Å². The lowest BCUT2D eigenvalue weighted by molar-refractivity contribution is 0.0995. The predicted molar refractivity (Wildman–Crippen MR) is 111 cm³/mol. The van der Waals surface area contributed by atoms with Crippen LogP contribution in [-0.2, 0) is 6.54 Å². The van der Waals surface area contributed by atoms with E-state index >= 15 is 0 Å². The minimum absolute atomic E-state index is 0.238. The summed E-state index contributed by atoms with van der Waals surface area (Å²) in [5.74, 6) is 2.14. The second-order valence-corrected chi connectivity index (χ2v) is 7.91. The largest absolute Gasteiger partial charge is 0.495 e. The summed E-state index contributed by atoms with van der Waals surface area (Å²) in [5, 5.41) is 0. The molecule has 0 fully saturated rings. The zero-order chi connectivity index (χ0) is 19.4. The Hall–Kier alpha value is -2.25. The fraction of sp³-hybridized carbons (Fsp3) is 0.300. The van der Waals surface area contributed by atoms with Gasteiger partial charge in [0.05, 0.1) is 19.8 Å². The van der Waals surface area contributed by atoms with Gasteiger partial charge in [0, 0.05) is 11.4 Å². The van der Waals surface area contributed by atoms with Crippen molar-refractivity contribution in [1.29, 1.82) is 0 Å². The molecule has 0 bridgehead atoms. The number of hydrogen-bond acceptors (Lipinski definition) is 5. The van der Waals surface area contributed by atoms with E-state index in [1.54, 1.807) is 26.0 Å². The summed E-state index contributed by atoms with van der Waals surface area (Å²) >= 11 is 3.08. The molecule has 2 aromatic carbocycles. The normalized spacial score (nSPS) is 11.8. The lowest BCUT2D eigenvalue weighted by Crippen LogP contribution is -2.16. The molecule has 3 rings (SSSR count). The Morgan fingerprint density at radius 3 is 2.48 bits per heavy atom. The summed E-state index contributed by atoms with van der Waals surface area (Å²) in [4.78, 5) is 19.0. The highest BCUT2D eigenvalue weighted by molar-refractivity contribution is 7.99. The lowest BCUT2D eigenvalue weighted by atomic mass is 10.2.